The number of Topliss-reactive ketones (excluding diaryl/α,β-unsaturated/α-hetero) is 1. The number of rotatable bonds is 9. The lowest BCUT2D eigenvalue weighted by molar-refractivity contribution is 0.0991. The predicted octanol–water partition coefficient (Wildman–Crippen LogP) is 7.67. The molecule has 4 aromatic carbocycles. The van der Waals surface area contributed by atoms with Gasteiger partial charge in [-0.2, -0.15) is 0 Å². The van der Waals surface area contributed by atoms with E-state index in [4.69, 9.17) is 4.74 Å². The van der Waals surface area contributed by atoms with Gasteiger partial charge in [-0.3, -0.25) is 9.36 Å². The lowest BCUT2D eigenvalue weighted by Gasteiger charge is -2.17. The third kappa shape index (κ3) is 4.89. The van der Waals surface area contributed by atoms with Gasteiger partial charge in [-0.15, -0.1) is 10.2 Å². The van der Waals surface area contributed by atoms with Crippen molar-refractivity contribution in [1.82, 2.24) is 19.7 Å². The third-order valence-electron chi connectivity index (χ3n) is 6.57. The van der Waals surface area contributed by atoms with Crippen molar-refractivity contribution in [3.63, 3.8) is 0 Å². The minimum Gasteiger partial charge on any atom is -0.494 e. The minimum absolute atomic E-state index is 0.0839. The third-order valence-corrected chi connectivity index (χ3v) is 7.77. The number of carbonyl (C=O) groups excluding carboxylic acids is 1. The highest BCUT2D eigenvalue weighted by atomic mass is 32.2. The second kappa shape index (κ2) is 11.2. The first-order chi connectivity index (χ1) is 19.6. The zero-order valence-corrected chi connectivity index (χ0v) is 22.4. The van der Waals surface area contributed by atoms with Gasteiger partial charge >= 0.3 is 0 Å². The number of halogens is 1. The van der Waals surface area contributed by atoms with Crippen LogP contribution in [0.25, 0.3) is 28.0 Å². The summed E-state index contributed by atoms with van der Waals surface area (Å²) >= 11 is 1.25. The second-order valence-corrected chi connectivity index (χ2v) is 10.1. The van der Waals surface area contributed by atoms with E-state index in [-0.39, 0.29) is 5.78 Å². The molecule has 0 aliphatic carbocycles. The average molecular weight is 549 g/mol. The molecule has 0 spiro atoms. The van der Waals surface area contributed by atoms with E-state index in [1.165, 1.54) is 17.8 Å². The molecular weight excluding hydrogens is 523 g/mol. The average Bonchev–Trinajstić information content (AvgIpc) is 3.61. The molecule has 0 saturated heterocycles. The number of aromatic amines is 1. The van der Waals surface area contributed by atoms with Crippen LogP contribution in [-0.2, 0) is 0 Å². The fourth-order valence-electron chi connectivity index (χ4n) is 4.67. The van der Waals surface area contributed by atoms with E-state index in [9.17, 15) is 4.79 Å². The van der Waals surface area contributed by atoms with Gasteiger partial charge in [0.25, 0.3) is 0 Å². The van der Waals surface area contributed by atoms with Gasteiger partial charge in [-0.1, -0.05) is 72.4 Å². The first-order valence-corrected chi connectivity index (χ1v) is 13.8. The van der Waals surface area contributed by atoms with Gasteiger partial charge in [0, 0.05) is 28.2 Å². The van der Waals surface area contributed by atoms with Crippen molar-refractivity contribution >= 4 is 28.4 Å². The van der Waals surface area contributed by atoms with E-state index in [1.807, 2.05) is 85.8 Å². The summed E-state index contributed by atoms with van der Waals surface area (Å²) in [6.07, 6.45) is 1.75. The van der Waals surface area contributed by atoms with Crippen LogP contribution in [0.4, 0.5) is 4.39 Å². The fraction of sp³-hybridized carbons (Fsp3) is 0.0938. The predicted molar refractivity (Wildman–Crippen MR) is 156 cm³/mol. The van der Waals surface area contributed by atoms with Gasteiger partial charge in [0.1, 0.15) is 16.8 Å². The molecule has 0 aliphatic rings. The smallest absolute Gasteiger partial charge is 0.197 e. The van der Waals surface area contributed by atoms with Crippen LogP contribution >= 0.6 is 11.8 Å². The zero-order valence-electron chi connectivity index (χ0n) is 21.6. The summed E-state index contributed by atoms with van der Waals surface area (Å²) in [6, 6.07) is 31.2. The first kappa shape index (κ1) is 25.6. The van der Waals surface area contributed by atoms with Crippen LogP contribution in [0.5, 0.6) is 5.75 Å². The van der Waals surface area contributed by atoms with Gasteiger partial charge in [0.15, 0.2) is 16.8 Å². The molecule has 0 saturated carbocycles. The molecule has 8 heteroatoms. The van der Waals surface area contributed by atoms with Gasteiger partial charge in [-0.25, -0.2) is 4.39 Å². The molecule has 0 amide bonds. The topological polar surface area (TPSA) is 72.8 Å². The molecule has 0 fully saturated rings. The normalized spacial score (nSPS) is 11.9. The standard InChI is InChI=1S/C32H25FN4O2S/c1-2-39-23-18-16-22(17-19-23)31-35-36-32(37(31)28-15-9-7-13-26(28)33)40-30(21-10-4-3-5-11-21)29(38)25-20-34-27-14-8-6-12-24(25)27/h3-20,30,34H,2H2,1H3/t30-/m1/s1. The second-order valence-electron chi connectivity index (χ2n) is 9.07. The van der Waals surface area contributed by atoms with Crippen LogP contribution in [0.1, 0.15) is 28.1 Å². The number of aromatic nitrogens is 4. The molecule has 0 aliphatic heterocycles. The Morgan fingerprint density at radius 3 is 2.42 bits per heavy atom. The number of benzene rings is 4. The lowest BCUT2D eigenvalue weighted by Crippen LogP contribution is -2.11. The molecular formula is C32H25FN4O2S. The fourth-order valence-corrected chi connectivity index (χ4v) is 5.79. The molecule has 0 bridgehead atoms. The first-order valence-electron chi connectivity index (χ1n) is 12.9. The van der Waals surface area contributed by atoms with Crippen LogP contribution in [0.3, 0.4) is 0 Å². The highest BCUT2D eigenvalue weighted by Crippen LogP contribution is 2.41. The molecule has 6 rings (SSSR count). The quantitative estimate of drug-likeness (QED) is 0.148. The number of hydrogen-bond donors (Lipinski definition) is 1. The summed E-state index contributed by atoms with van der Waals surface area (Å²) in [7, 11) is 0. The number of H-pyrrole nitrogens is 1. The summed E-state index contributed by atoms with van der Waals surface area (Å²) in [5.74, 6) is 0.683. The van der Waals surface area contributed by atoms with E-state index >= 15 is 4.39 Å². The van der Waals surface area contributed by atoms with Crippen molar-refractivity contribution < 1.29 is 13.9 Å². The largest absolute Gasteiger partial charge is 0.494 e. The molecule has 1 N–H and O–H groups in total. The Hall–Kier alpha value is -4.69. The van der Waals surface area contributed by atoms with Crippen LogP contribution in [-0.4, -0.2) is 32.1 Å². The van der Waals surface area contributed by atoms with E-state index in [0.717, 1.165) is 27.8 Å². The number of hydrogen-bond acceptors (Lipinski definition) is 5. The highest BCUT2D eigenvalue weighted by molar-refractivity contribution is 8.00. The number of nitrogens with one attached hydrogen (secondary N) is 1. The molecule has 0 unspecified atom stereocenters. The maximum absolute atomic E-state index is 15.2. The monoisotopic (exact) mass is 548 g/mol. The van der Waals surface area contributed by atoms with Crippen LogP contribution in [0.15, 0.2) is 114 Å². The SMILES string of the molecule is CCOc1ccc(-c2nnc(S[C@@H](C(=O)c3c[nH]c4ccccc34)c3ccccc3)n2-c2ccccc2F)cc1. The van der Waals surface area contributed by atoms with Crippen molar-refractivity contribution in [3.05, 3.63) is 126 Å². The Morgan fingerprint density at radius 2 is 1.65 bits per heavy atom. The number of carbonyl (C=O) groups is 1. The van der Waals surface area contributed by atoms with Crippen molar-refractivity contribution in [1.29, 1.82) is 0 Å². The van der Waals surface area contributed by atoms with E-state index in [1.54, 1.807) is 29.0 Å². The molecule has 2 aromatic heterocycles. The molecule has 198 valence electrons. The molecule has 0 radical (unpaired) electrons. The Labute approximate surface area is 234 Å². The summed E-state index contributed by atoms with van der Waals surface area (Å²) in [5.41, 5.74) is 3.32. The number of nitrogens with zero attached hydrogens (tertiary/aromatic N) is 3. The van der Waals surface area contributed by atoms with Gasteiger partial charge < -0.3 is 9.72 Å². The van der Waals surface area contributed by atoms with E-state index in [0.29, 0.717) is 28.8 Å². The molecule has 1 atom stereocenters. The summed E-state index contributed by atoms with van der Waals surface area (Å²) in [5, 5.41) is 9.54. The van der Waals surface area contributed by atoms with Gasteiger partial charge in [-0.05, 0) is 55.0 Å². The molecule has 6 aromatic rings. The Balaban J connectivity index is 1.47. The van der Waals surface area contributed by atoms with Crippen molar-refractivity contribution in [2.45, 2.75) is 17.3 Å². The highest BCUT2D eigenvalue weighted by Gasteiger charge is 2.29. The number of ketones is 1. The van der Waals surface area contributed by atoms with Gasteiger partial charge in [0.05, 0.1) is 12.3 Å². The van der Waals surface area contributed by atoms with Crippen LogP contribution in [0, 0.1) is 5.82 Å². The Kier molecular flexibility index (Phi) is 7.16. The molecule has 40 heavy (non-hydrogen) atoms. The Morgan fingerprint density at radius 1 is 0.925 bits per heavy atom. The number of ether oxygens (including phenoxy) is 1. The molecule has 2 heterocycles. The van der Waals surface area contributed by atoms with E-state index in [2.05, 4.69) is 15.2 Å². The zero-order chi connectivity index (χ0) is 27.5. The number of thioether (sulfide) groups is 1. The summed E-state index contributed by atoms with van der Waals surface area (Å²) < 4.78 is 22.5. The Bertz CT molecular complexity index is 1780. The van der Waals surface area contributed by atoms with Gasteiger partial charge in [0.2, 0.25) is 0 Å². The number of para-hydroxylation sites is 2. The van der Waals surface area contributed by atoms with Crippen molar-refractivity contribution in [2.24, 2.45) is 0 Å². The maximum atomic E-state index is 15.2. The lowest BCUT2D eigenvalue weighted by atomic mass is 10.0. The minimum atomic E-state index is -0.650. The van der Waals surface area contributed by atoms with Crippen LogP contribution in [0.2, 0.25) is 0 Å². The van der Waals surface area contributed by atoms with Crippen LogP contribution < -0.4 is 4.74 Å². The molecule has 6 nitrogen and oxygen atoms in total. The van der Waals surface area contributed by atoms with Crippen molar-refractivity contribution in [2.75, 3.05) is 6.61 Å². The van der Waals surface area contributed by atoms with E-state index < -0.39 is 11.1 Å². The number of fused-ring (bicyclic) bond motifs is 1. The summed E-state index contributed by atoms with van der Waals surface area (Å²) in [4.78, 5) is 17.3. The maximum Gasteiger partial charge on any atom is 0.197 e. The summed E-state index contributed by atoms with van der Waals surface area (Å²) in [6.45, 7) is 2.48. The van der Waals surface area contributed by atoms with Crippen molar-refractivity contribution in [3.8, 4) is 22.8 Å².